The van der Waals surface area contributed by atoms with Crippen LogP contribution in [-0.4, -0.2) is 28.4 Å². The van der Waals surface area contributed by atoms with Crippen molar-refractivity contribution in [3.8, 4) is 11.1 Å². The van der Waals surface area contributed by atoms with Gasteiger partial charge in [0, 0.05) is 39.3 Å². The topological polar surface area (TPSA) is 31.9 Å². The van der Waals surface area contributed by atoms with E-state index in [0.29, 0.717) is 5.15 Å². The van der Waals surface area contributed by atoms with Gasteiger partial charge >= 0.3 is 0 Å². The molecule has 1 N–H and O–H groups in total. The number of benzene rings is 1. The van der Waals surface area contributed by atoms with Gasteiger partial charge in [0.25, 0.3) is 0 Å². The zero-order valence-electron chi connectivity index (χ0n) is 11.2. The lowest BCUT2D eigenvalue weighted by atomic mass is 10.1. The predicted octanol–water partition coefficient (Wildman–Crippen LogP) is 4.45. The van der Waals surface area contributed by atoms with Gasteiger partial charge in [-0.1, -0.05) is 29.8 Å². The minimum atomic E-state index is 0.653. The fraction of sp³-hybridized carbons (Fsp3) is 0.133. The quantitative estimate of drug-likeness (QED) is 0.725. The van der Waals surface area contributed by atoms with Crippen LogP contribution in [0, 0.1) is 0 Å². The Morgan fingerprint density at radius 3 is 2.80 bits per heavy atom. The zero-order valence-corrected chi connectivity index (χ0v) is 12.8. The Morgan fingerprint density at radius 1 is 1.20 bits per heavy atom. The van der Waals surface area contributed by atoms with Gasteiger partial charge in [0.05, 0.1) is 0 Å². The van der Waals surface area contributed by atoms with Gasteiger partial charge in [-0.3, -0.25) is 9.29 Å². The van der Waals surface area contributed by atoms with Crippen LogP contribution < -0.4 is 0 Å². The number of nitrogens with zero attached hydrogens (tertiary/aromatic N) is 2. The average Bonchev–Trinajstić information content (AvgIpc) is 2.74. The second-order valence-corrected chi connectivity index (χ2v) is 6.43. The first-order valence-corrected chi connectivity index (χ1v) is 7.37. The molecule has 1 aromatic carbocycles. The Bertz CT molecular complexity index is 752. The summed E-state index contributed by atoms with van der Waals surface area (Å²) in [6.07, 6.45) is 3.71. The number of H-pyrrole nitrogens is 1. The molecule has 0 spiro atoms. The normalized spacial score (nSPS) is 11.4. The lowest BCUT2D eigenvalue weighted by Gasteiger charge is -2.09. The van der Waals surface area contributed by atoms with Gasteiger partial charge in [0.1, 0.15) is 5.15 Å². The molecule has 0 aliphatic carbocycles. The number of fused-ring (bicyclic) bond motifs is 1. The van der Waals surface area contributed by atoms with Crippen molar-refractivity contribution in [2.75, 3.05) is 14.1 Å². The molecule has 0 unspecified atom stereocenters. The Hall–Kier alpha value is -1.49. The zero-order chi connectivity index (χ0) is 14.1. The molecular weight excluding hydrogens is 290 g/mol. The van der Waals surface area contributed by atoms with E-state index in [4.69, 9.17) is 11.6 Å². The summed E-state index contributed by atoms with van der Waals surface area (Å²) in [6.45, 7) is 0. The molecule has 3 rings (SSSR count). The van der Waals surface area contributed by atoms with Crippen LogP contribution in [0.3, 0.4) is 0 Å². The van der Waals surface area contributed by atoms with Gasteiger partial charge in [-0.25, -0.2) is 0 Å². The Morgan fingerprint density at radius 2 is 2.00 bits per heavy atom. The second kappa shape index (κ2) is 5.48. The number of hydrogen-bond donors (Lipinski definition) is 1. The van der Waals surface area contributed by atoms with E-state index >= 15 is 0 Å². The summed E-state index contributed by atoms with van der Waals surface area (Å²) < 4.78 is 2.04. The summed E-state index contributed by atoms with van der Waals surface area (Å²) in [5.74, 6) is 0. The molecular formula is C15H14ClN3S. The molecule has 5 heteroatoms. The highest BCUT2D eigenvalue weighted by molar-refractivity contribution is 7.97. The molecule has 2 aromatic heterocycles. The van der Waals surface area contributed by atoms with E-state index in [2.05, 4.69) is 22.1 Å². The minimum absolute atomic E-state index is 0.653. The largest absolute Gasteiger partial charge is 0.345 e. The minimum Gasteiger partial charge on any atom is -0.345 e. The van der Waals surface area contributed by atoms with Crippen molar-refractivity contribution < 1.29 is 0 Å². The van der Waals surface area contributed by atoms with Crippen LogP contribution in [0.4, 0.5) is 0 Å². The van der Waals surface area contributed by atoms with Crippen molar-refractivity contribution in [3.05, 3.63) is 47.9 Å². The highest BCUT2D eigenvalue weighted by Gasteiger charge is 2.12. The first kappa shape index (κ1) is 13.5. The predicted molar refractivity (Wildman–Crippen MR) is 86.1 cm³/mol. The second-order valence-electron chi connectivity index (χ2n) is 4.67. The number of hydrogen-bond acceptors (Lipinski definition) is 3. The van der Waals surface area contributed by atoms with Crippen LogP contribution in [0.15, 0.2) is 47.6 Å². The van der Waals surface area contributed by atoms with Gasteiger partial charge in [-0.15, -0.1) is 0 Å². The van der Waals surface area contributed by atoms with Gasteiger partial charge < -0.3 is 4.98 Å². The molecule has 3 nitrogen and oxygen atoms in total. The number of para-hydroxylation sites is 1. The van der Waals surface area contributed by atoms with Crippen molar-refractivity contribution in [2.45, 2.75) is 4.90 Å². The van der Waals surface area contributed by atoms with Crippen molar-refractivity contribution in [1.82, 2.24) is 14.3 Å². The summed E-state index contributed by atoms with van der Waals surface area (Å²) in [6, 6.07) is 10.2. The monoisotopic (exact) mass is 303 g/mol. The van der Waals surface area contributed by atoms with Crippen LogP contribution in [0.2, 0.25) is 5.15 Å². The van der Waals surface area contributed by atoms with Crippen molar-refractivity contribution >= 4 is 34.5 Å². The molecule has 0 amide bonds. The number of aromatic nitrogens is 2. The Labute approximate surface area is 127 Å². The fourth-order valence-corrected chi connectivity index (χ4v) is 3.23. The molecule has 0 aliphatic heterocycles. The fourth-order valence-electron chi connectivity index (χ4n) is 2.21. The molecule has 20 heavy (non-hydrogen) atoms. The van der Waals surface area contributed by atoms with Crippen LogP contribution in [0.25, 0.3) is 22.0 Å². The van der Waals surface area contributed by atoms with E-state index < -0.39 is 0 Å². The van der Waals surface area contributed by atoms with E-state index in [1.807, 2.05) is 49.0 Å². The lowest BCUT2D eigenvalue weighted by Crippen LogP contribution is -1.98. The summed E-state index contributed by atoms with van der Waals surface area (Å²) in [4.78, 5) is 8.62. The molecule has 0 radical (unpaired) electrons. The lowest BCUT2D eigenvalue weighted by molar-refractivity contribution is 0.702. The number of aromatic amines is 1. The molecule has 0 saturated heterocycles. The Kier molecular flexibility index (Phi) is 3.70. The molecule has 2 heterocycles. The summed E-state index contributed by atoms with van der Waals surface area (Å²) in [7, 11) is 4.02. The van der Waals surface area contributed by atoms with Crippen LogP contribution in [0.5, 0.6) is 0 Å². The maximum absolute atomic E-state index is 6.36. The van der Waals surface area contributed by atoms with E-state index in [1.165, 1.54) is 0 Å². The van der Waals surface area contributed by atoms with Gasteiger partial charge in [-0.05, 0) is 38.2 Å². The van der Waals surface area contributed by atoms with Gasteiger partial charge in [0.15, 0.2) is 0 Å². The third-order valence-corrected chi connectivity index (χ3v) is 4.03. The number of halogens is 1. The molecule has 0 aliphatic rings. The molecule has 0 fully saturated rings. The SMILES string of the molecule is CN(C)Sc1cncc(-c2c(Cl)[nH]c3ccccc23)c1. The van der Waals surface area contributed by atoms with E-state index in [1.54, 1.807) is 11.9 Å². The molecule has 0 saturated carbocycles. The first-order valence-electron chi connectivity index (χ1n) is 6.22. The number of rotatable bonds is 3. The Balaban J connectivity index is 2.13. The van der Waals surface area contributed by atoms with E-state index in [0.717, 1.165) is 26.9 Å². The molecule has 3 aromatic rings. The highest BCUT2D eigenvalue weighted by atomic mass is 35.5. The van der Waals surface area contributed by atoms with Gasteiger partial charge in [0.2, 0.25) is 0 Å². The van der Waals surface area contributed by atoms with Crippen LogP contribution in [-0.2, 0) is 0 Å². The smallest absolute Gasteiger partial charge is 0.115 e. The summed E-state index contributed by atoms with van der Waals surface area (Å²) in [5, 5.41) is 1.77. The molecule has 102 valence electrons. The maximum atomic E-state index is 6.36. The third kappa shape index (κ3) is 2.54. The van der Waals surface area contributed by atoms with Crippen LogP contribution >= 0.6 is 23.5 Å². The average molecular weight is 304 g/mol. The highest BCUT2D eigenvalue weighted by Crippen LogP contribution is 2.36. The molecule has 0 atom stereocenters. The van der Waals surface area contributed by atoms with E-state index in [-0.39, 0.29) is 0 Å². The van der Waals surface area contributed by atoms with E-state index in [9.17, 15) is 0 Å². The van der Waals surface area contributed by atoms with Crippen LogP contribution in [0.1, 0.15) is 0 Å². The maximum Gasteiger partial charge on any atom is 0.115 e. The van der Waals surface area contributed by atoms with Crippen molar-refractivity contribution in [2.24, 2.45) is 0 Å². The van der Waals surface area contributed by atoms with Crippen molar-refractivity contribution in [1.29, 1.82) is 0 Å². The third-order valence-electron chi connectivity index (χ3n) is 2.95. The summed E-state index contributed by atoms with van der Waals surface area (Å²) in [5.41, 5.74) is 3.08. The van der Waals surface area contributed by atoms with Crippen molar-refractivity contribution in [3.63, 3.8) is 0 Å². The number of nitrogens with one attached hydrogen (secondary N) is 1. The number of pyridine rings is 1. The standard InChI is InChI=1S/C15H14ClN3S/c1-19(2)20-11-7-10(8-17-9-11)14-12-5-3-4-6-13(12)18-15(14)16/h3-9,18H,1-2H3. The first-order chi connectivity index (χ1) is 9.65. The summed E-state index contributed by atoms with van der Waals surface area (Å²) >= 11 is 8.00. The van der Waals surface area contributed by atoms with Gasteiger partial charge in [-0.2, -0.15) is 0 Å². The molecule has 0 bridgehead atoms.